The van der Waals surface area contributed by atoms with Gasteiger partial charge in [0.25, 0.3) is 0 Å². The maximum Gasteiger partial charge on any atom is 0.0462 e. The van der Waals surface area contributed by atoms with Crippen molar-refractivity contribution in [2.75, 3.05) is 13.7 Å². The molecule has 1 nitrogen and oxygen atoms in total. The summed E-state index contributed by atoms with van der Waals surface area (Å²) in [7, 11) is 1.80. The van der Waals surface area contributed by atoms with Crippen LogP contribution < -0.4 is 0 Å². The molecule has 0 aromatic rings. The molecular weight excluding hydrogens is 268 g/mol. The molecule has 2 unspecified atom stereocenters. The highest BCUT2D eigenvalue weighted by Crippen LogP contribution is 2.45. The summed E-state index contributed by atoms with van der Waals surface area (Å²) in [6.07, 6.45) is 23.3. The van der Waals surface area contributed by atoms with Crippen molar-refractivity contribution in [2.45, 2.75) is 110 Å². The fraction of sp³-hybridized carbons (Fsp3) is 1.00. The van der Waals surface area contributed by atoms with Crippen LogP contribution in [0.1, 0.15) is 111 Å². The third kappa shape index (κ3) is 11.5. The molecule has 0 bridgehead atoms. The van der Waals surface area contributed by atoms with Crippen molar-refractivity contribution >= 4 is 0 Å². The van der Waals surface area contributed by atoms with Gasteiger partial charge in [-0.25, -0.2) is 0 Å². The summed E-state index contributed by atoms with van der Waals surface area (Å²) in [4.78, 5) is 0. The lowest BCUT2D eigenvalue weighted by Crippen LogP contribution is -1.89. The van der Waals surface area contributed by atoms with Gasteiger partial charge in [0.2, 0.25) is 0 Å². The monoisotopic (exact) mass is 312 g/mol. The quantitative estimate of drug-likeness (QED) is 0.254. The fourth-order valence-electron chi connectivity index (χ4n) is 3.74. The lowest BCUT2D eigenvalue weighted by molar-refractivity contribution is 0.192. The topological polar surface area (TPSA) is 9.23 Å². The van der Waals surface area contributed by atoms with E-state index in [1.807, 2.05) is 0 Å². The highest BCUT2D eigenvalue weighted by molar-refractivity contribution is 4.85. The van der Waals surface area contributed by atoms with E-state index >= 15 is 0 Å². The smallest absolute Gasteiger partial charge is 0.0462 e. The predicted octanol–water partition coefficient (Wildman–Crippen LogP) is 7.39. The van der Waals surface area contributed by atoms with Crippen molar-refractivity contribution in [1.29, 1.82) is 0 Å². The molecule has 0 amide bonds. The number of hydrogen-bond acceptors (Lipinski definition) is 1. The predicted molar refractivity (Wildman–Crippen MR) is 101 cm³/mol. The Hall–Kier alpha value is -0.0400. The second kappa shape index (κ2) is 14.5. The zero-order chi connectivity index (χ0) is 15.9. The Bertz CT molecular complexity index is 232. The Morgan fingerprint density at radius 1 is 0.682 bits per heavy atom. The molecule has 22 heavy (non-hydrogen) atoms. The van der Waals surface area contributed by atoms with Gasteiger partial charge in [0, 0.05) is 15.1 Å². The van der Waals surface area contributed by atoms with E-state index in [2.05, 4.69) is 6.92 Å². The van der Waals surface area contributed by atoms with Gasteiger partial charge >= 0.3 is 0 Å². The van der Waals surface area contributed by atoms with Crippen LogP contribution in [0.15, 0.2) is 0 Å². The summed E-state index contributed by atoms with van der Waals surface area (Å²) < 4.78 is 5.08. The Morgan fingerprint density at radius 2 is 1.14 bits per heavy atom. The largest absolute Gasteiger partial charge is 0.385 e. The minimum absolute atomic E-state index is 0. The maximum atomic E-state index is 5.08. The molecule has 1 fully saturated rings. The third-order valence-corrected chi connectivity index (χ3v) is 5.42. The Kier molecular flexibility index (Phi) is 13.2. The average molecular weight is 313 g/mol. The lowest BCUT2D eigenvalue weighted by Gasteiger charge is -2.03. The molecule has 0 radical (unpaired) electrons. The van der Waals surface area contributed by atoms with E-state index in [0.29, 0.717) is 0 Å². The molecule has 1 saturated carbocycles. The molecule has 0 aliphatic heterocycles. The van der Waals surface area contributed by atoms with E-state index in [4.69, 9.17) is 4.74 Å². The zero-order valence-corrected chi connectivity index (χ0v) is 15.6. The summed E-state index contributed by atoms with van der Waals surface area (Å²) in [5, 5.41) is 0. The lowest BCUT2D eigenvalue weighted by atomic mass is 10.0. The fourth-order valence-corrected chi connectivity index (χ4v) is 3.74. The van der Waals surface area contributed by atoms with Crippen molar-refractivity contribution < 1.29 is 6.16 Å². The average Bonchev–Trinajstić information content (AvgIpc) is 3.27. The molecule has 0 spiro atoms. The van der Waals surface area contributed by atoms with E-state index in [0.717, 1.165) is 18.4 Å². The van der Waals surface area contributed by atoms with Crippen LogP contribution >= 0.6 is 0 Å². The van der Waals surface area contributed by atoms with E-state index in [1.165, 1.54) is 96.3 Å². The van der Waals surface area contributed by atoms with E-state index in [-0.39, 0.29) is 1.43 Å². The van der Waals surface area contributed by atoms with Gasteiger partial charge in [-0.3, -0.25) is 0 Å². The summed E-state index contributed by atoms with van der Waals surface area (Å²) in [6, 6.07) is 0. The molecule has 134 valence electrons. The van der Waals surface area contributed by atoms with E-state index in [9.17, 15) is 0 Å². The van der Waals surface area contributed by atoms with Gasteiger partial charge in [-0.05, 0) is 24.7 Å². The molecule has 0 aromatic heterocycles. The van der Waals surface area contributed by atoms with Gasteiger partial charge in [0.05, 0.1) is 0 Å². The molecule has 0 aromatic carbocycles. The van der Waals surface area contributed by atoms with Crippen molar-refractivity contribution in [1.82, 2.24) is 0 Å². The molecule has 1 aliphatic rings. The first-order chi connectivity index (χ1) is 10.9. The maximum absolute atomic E-state index is 5.08. The summed E-state index contributed by atoms with van der Waals surface area (Å²) in [5.41, 5.74) is 0. The van der Waals surface area contributed by atoms with Gasteiger partial charge in [-0.15, -0.1) is 0 Å². The molecular formula is C21H44O. The van der Waals surface area contributed by atoms with E-state index < -0.39 is 0 Å². The highest BCUT2D eigenvalue weighted by atomic mass is 16.5. The van der Waals surface area contributed by atoms with Crippen molar-refractivity contribution in [2.24, 2.45) is 11.8 Å². The molecule has 0 heterocycles. The summed E-state index contributed by atoms with van der Waals surface area (Å²) in [5.74, 6) is 2.25. The first-order valence-electron chi connectivity index (χ1n) is 10.4. The van der Waals surface area contributed by atoms with Crippen molar-refractivity contribution in [3.63, 3.8) is 0 Å². The standard InChI is InChI=1S/C21H42O.H2/c1-3-4-5-6-10-13-16-20-19-21(20)17-14-11-8-7-9-12-15-18-22-2;/h20-21H,3-19H2,1-2H3;1H. The zero-order valence-electron chi connectivity index (χ0n) is 15.6. The third-order valence-electron chi connectivity index (χ3n) is 5.42. The Morgan fingerprint density at radius 3 is 1.64 bits per heavy atom. The van der Waals surface area contributed by atoms with E-state index in [1.54, 1.807) is 13.5 Å². The van der Waals surface area contributed by atoms with Crippen LogP contribution in [0.3, 0.4) is 0 Å². The molecule has 0 N–H and O–H groups in total. The van der Waals surface area contributed by atoms with Crippen LogP contribution in [0.25, 0.3) is 0 Å². The minimum Gasteiger partial charge on any atom is -0.385 e. The number of rotatable bonds is 17. The highest BCUT2D eigenvalue weighted by Gasteiger charge is 2.34. The van der Waals surface area contributed by atoms with Crippen LogP contribution in [0.2, 0.25) is 0 Å². The number of hydrogen-bond donors (Lipinski definition) is 0. The number of unbranched alkanes of at least 4 members (excludes halogenated alkanes) is 11. The Balaban J connectivity index is 0.00000484. The van der Waals surface area contributed by atoms with Crippen LogP contribution in [0, 0.1) is 11.8 Å². The van der Waals surface area contributed by atoms with Crippen LogP contribution in [-0.2, 0) is 4.74 Å². The number of ether oxygens (including phenoxy) is 1. The second-order valence-electron chi connectivity index (χ2n) is 7.57. The molecule has 2 atom stereocenters. The molecule has 0 saturated heterocycles. The summed E-state index contributed by atoms with van der Waals surface area (Å²) >= 11 is 0. The van der Waals surface area contributed by atoms with Gasteiger partial charge in [-0.2, -0.15) is 0 Å². The normalized spacial score (nSPS) is 20.5. The van der Waals surface area contributed by atoms with Crippen molar-refractivity contribution in [3.05, 3.63) is 0 Å². The second-order valence-corrected chi connectivity index (χ2v) is 7.57. The first kappa shape index (κ1) is 20.0. The van der Waals surface area contributed by atoms with Gasteiger partial charge in [0.15, 0.2) is 0 Å². The van der Waals surface area contributed by atoms with Crippen LogP contribution in [0.4, 0.5) is 0 Å². The molecule has 1 aliphatic carbocycles. The summed E-state index contributed by atoms with van der Waals surface area (Å²) in [6.45, 7) is 3.25. The molecule has 1 heteroatoms. The van der Waals surface area contributed by atoms with Gasteiger partial charge in [0.1, 0.15) is 0 Å². The van der Waals surface area contributed by atoms with Gasteiger partial charge in [-0.1, -0.05) is 96.8 Å². The van der Waals surface area contributed by atoms with Crippen LogP contribution in [-0.4, -0.2) is 13.7 Å². The number of methoxy groups -OCH3 is 1. The van der Waals surface area contributed by atoms with Gasteiger partial charge < -0.3 is 4.74 Å². The SMILES string of the molecule is CCCCCCCCC1CC1CCCCCCCCCOC.[HH]. The van der Waals surface area contributed by atoms with Crippen molar-refractivity contribution in [3.8, 4) is 0 Å². The Labute approximate surface area is 142 Å². The minimum atomic E-state index is 0. The molecule has 1 rings (SSSR count). The van der Waals surface area contributed by atoms with Crippen LogP contribution in [0.5, 0.6) is 0 Å². The first-order valence-corrected chi connectivity index (χ1v) is 10.4.